The molecule has 0 saturated carbocycles. The highest BCUT2D eigenvalue weighted by Gasteiger charge is 2.17. The number of hydrogen-bond donors (Lipinski definition) is 2. The minimum Gasteiger partial charge on any atom is -0.352 e. The third-order valence-electron chi connectivity index (χ3n) is 2.92. The third-order valence-corrected chi connectivity index (χ3v) is 3.82. The molecule has 0 aliphatic carbocycles. The summed E-state index contributed by atoms with van der Waals surface area (Å²) >= 11 is 1.70. The Balaban J connectivity index is 1.90. The summed E-state index contributed by atoms with van der Waals surface area (Å²) in [5.74, 6) is -0.129. The molecular weight excluding hydrogens is 256 g/mol. The minimum absolute atomic E-state index is 0.0842. The fourth-order valence-electron chi connectivity index (χ4n) is 1.93. The summed E-state index contributed by atoms with van der Waals surface area (Å²) in [6, 6.07) is 13.0. The normalized spacial score (nSPS) is 13.8. The first kappa shape index (κ1) is 13.8. The molecule has 1 heterocycles. The van der Waals surface area contributed by atoms with Crippen LogP contribution in [0.4, 0.5) is 0 Å². The predicted octanol–water partition coefficient (Wildman–Crippen LogP) is 2.50. The minimum atomic E-state index is -0.605. The summed E-state index contributed by atoms with van der Waals surface area (Å²) in [4.78, 5) is 13.3. The first-order chi connectivity index (χ1) is 9.16. The zero-order valence-electron chi connectivity index (χ0n) is 10.9. The number of nitrogens with two attached hydrogens (primary N) is 1. The van der Waals surface area contributed by atoms with E-state index in [1.54, 1.807) is 11.3 Å². The van der Waals surface area contributed by atoms with Gasteiger partial charge in [-0.25, -0.2) is 0 Å². The highest BCUT2D eigenvalue weighted by Crippen LogP contribution is 2.13. The van der Waals surface area contributed by atoms with E-state index in [0.717, 1.165) is 12.0 Å². The van der Waals surface area contributed by atoms with Gasteiger partial charge >= 0.3 is 0 Å². The molecule has 3 nitrogen and oxygen atoms in total. The lowest BCUT2D eigenvalue weighted by molar-refractivity contribution is -0.123. The summed E-state index contributed by atoms with van der Waals surface area (Å²) in [5, 5.41) is 5.00. The van der Waals surface area contributed by atoms with Crippen LogP contribution < -0.4 is 11.1 Å². The van der Waals surface area contributed by atoms with E-state index < -0.39 is 6.04 Å². The number of rotatable bonds is 5. The highest BCUT2D eigenvalue weighted by atomic mass is 32.1. The molecule has 0 saturated heterocycles. The van der Waals surface area contributed by atoms with E-state index in [9.17, 15) is 4.79 Å². The number of benzene rings is 1. The van der Waals surface area contributed by atoms with Crippen LogP contribution in [0.15, 0.2) is 47.8 Å². The second-order valence-electron chi connectivity index (χ2n) is 4.58. The fraction of sp³-hybridized carbons (Fsp3) is 0.267. The van der Waals surface area contributed by atoms with Crippen LogP contribution in [-0.4, -0.2) is 11.9 Å². The molecule has 0 aliphatic rings. The van der Waals surface area contributed by atoms with Crippen LogP contribution >= 0.6 is 11.3 Å². The van der Waals surface area contributed by atoms with Gasteiger partial charge in [0, 0.05) is 17.3 Å². The predicted molar refractivity (Wildman–Crippen MR) is 79.0 cm³/mol. The van der Waals surface area contributed by atoms with Crippen LogP contribution in [0.2, 0.25) is 0 Å². The van der Waals surface area contributed by atoms with Gasteiger partial charge in [0.1, 0.15) is 6.04 Å². The summed E-state index contributed by atoms with van der Waals surface area (Å²) < 4.78 is 0. The van der Waals surface area contributed by atoms with Gasteiger partial charge in [-0.05, 0) is 23.9 Å². The average molecular weight is 274 g/mol. The molecule has 0 aliphatic heterocycles. The molecule has 2 rings (SSSR count). The first-order valence-electron chi connectivity index (χ1n) is 6.30. The van der Waals surface area contributed by atoms with Gasteiger partial charge < -0.3 is 11.1 Å². The van der Waals surface area contributed by atoms with Gasteiger partial charge in [0.2, 0.25) is 5.91 Å². The van der Waals surface area contributed by atoms with Crippen molar-refractivity contribution in [1.29, 1.82) is 0 Å². The van der Waals surface area contributed by atoms with Crippen molar-refractivity contribution in [2.24, 2.45) is 5.73 Å². The topological polar surface area (TPSA) is 55.1 Å². The van der Waals surface area contributed by atoms with E-state index in [0.29, 0.717) is 0 Å². The van der Waals surface area contributed by atoms with Crippen molar-refractivity contribution in [3.05, 3.63) is 58.3 Å². The molecule has 4 heteroatoms. The Labute approximate surface area is 117 Å². The zero-order chi connectivity index (χ0) is 13.7. The van der Waals surface area contributed by atoms with Crippen LogP contribution in [0.5, 0.6) is 0 Å². The standard InChI is InChI=1S/C15H18N2OS/c1-11(10-13-8-5-9-19-13)17-15(18)14(16)12-6-3-2-4-7-12/h2-9,11,14H,10,16H2,1H3,(H,17,18). The summed E-state index contributed by atoms with van der Waals surface area (Å²) in [5.41, 5.74) is 6.79. The van der Waals surface area contributed by atoms with Crippen LogP contribution in [0.3, 0.4) is 0 Å². The molecule has 19 heavy (non-hydrogen) atoms. The number of carbonyl (C=O) groups excluding carboxylic acids is 1. The Hall–Kier alpha value is -1.65. The molecule has 2 unspecified atom stereocenters. The molecule has 0 fully saturated rings. The average Bonchev–Trinajstić information content (AvgIpc) is 2.91. The van der Waals surface area contributed by atoms with Crippen LogP contribution in [-0.2, 0) is 11.2 Å². The summed E-state index contributed by atoms with van der Waals surface area (Å²) in [6.07, 6.45) is 0.838. The lowest BCUT2D eigenvalue weighted by Crippen LogP contribution is -2.40. The van der Waals surface area contributed by atoms with Crippen LogP contribution in [0.1, 0.15) is 23.4 Å². The van der Waals surface area contributed by atoms with Gasteiger partial charge in [-0.1, -0.05) is 36.4 Å². The lowest BCUT2D eigenvalue weighted by Gasteiger charge is -2.17. The van der Waals surface area contributed by atoms with Crippen molar-refractivity contribution in [2.75, 3.05) is 0 Å². The largest absolute Gasteiger partial charge is 0.352 e. The summed E-state index contributed by atoms with van der Waals surface area (Å²) in [7, 11) is 0. The third kappa shape index (κ3) is 3.91. The van der Waals surface area contributed by atoms with Crippen molar-refractivity contribution in [3.63, 3.8) is 0 Å². The summed E-state index contributed by atoms with van der Waals surface area (Å²) in [6.45, 7) is 2.00. The molecule has 100 valence electrons. The Bertz CT molecular complexity index is 510. The Morgan fingerprint density at radius 3 is 2.63 bits per heavy atom. The van der Waals surface area contributed by atoms with Crippen molar-refractivity contribution in [1.82, 2.24) is 5.32 Å². The lowest BCUT2D eigenvalue weighted by atomic mass is 10.1. The molecule has 1 amide bonds. The quantitative estimate of drug-likeness (QED) is 0.880. The molecule has 1 aromatic heterocycles. The maximum Gasteiger partial charge on any atom is 0.241 e. The molecule has 0 spiro atoms. The van der Waals surface area contributed by atoms with E-state index in [2.05, 4.69) is 11.4 Å². The van der Waals surface area contributed by atoms with Crippen molar-refractivity contribution in [2.45, 2.75) is 25.4 Å². The zero-order valence-corrected chi connectivity index (χ0v) is 11.7. The van der Waals surface area contributed by atoms with E-state index in [4.69, 9.17) is 5.73 Å². The van der Waals surface area contributed by atoms with Crippen LogP contribution in [0, 0.1) is 0 Å². The number of amides is 1. The van der Waals surface area contributed by atoms with Crippen molar-refractivity contribution in [3.8, 4) is 0 Å². The first-order valence-corrected chi connectivity index (χ1v) is 7.18. The van der Waals surface area contributed by atoms with Gasteiger partial charge in [0.25, 0.3) is 0 Å². The van der Waals surface area contributed by atoms with Crippen molar-refractivity contribution >= 4 is 17.2 Å². The second kappa shape index (κ2) is 6.50. The fourth-order valence-corrected chi connectivity index (χ4v) is 2.76. The number of carbonyl (C=O) groups is 1. The van der Waals surface area contributed by atoms with Gasteiger partial charge in [-0.15, -0.1) is 11.3 Å². The van der Waals surface area contributed by atoms with Gasteiger partial charge in [0.15, 0.2) is 0 Å². The second-order valence-corrected chi connectivity index (χ2v) is 5.61. The van der Waals surface area contributed by atoms with Crippen molar-refractivity contribution < 1.29 is 4.79 Å². The number of hydrogen-bond acceptors (Lipinski definition) is 3. The van der Waals surface area contributed by atoms with E-state index >= 15 is 0 Å². The molecule has 0 radical (unpaired) electrons. The Morgan fingerprint density at radius 1 is 1.26 bits per heavy atom. The maximum absolute atomic E-state index is 12.0. The smallest absolute Gasteiger partial charge is 0.241 e. The van der Waals surface area contributed by atoms with E-state index in [-0.39, 0.29) is 11.9 Å². The Morgan fingerprint density at radius 2 is 2.00 bits per heavy atom. The van der Waals surface area contributed by atoms with Gasteiger partial charge in [0.05, 0.1) is 0 Å². The maximum atomic E-state index is 12.0. The Kier molecular flexibility index (Phi) is 4.71. The molecule has 3 N–H and O–H groups in total. The van der Waals surface area contributed by atoms with Crippen LogP contribution in [0.25, 0.3) is 0 Å². The van der Waals surface area contributed by atoms with Gasteiger partial charge in [-0.2, -0.15) is 0 Å². The molecule has 2 aromatic rings. The number of thiophene rings is 1. The van der Waals surface area contributed by atoms with E-state index in [1.807, 2.05) is 48.7 Å². The molecule has 1 aromatic carbocycles. The van der Waals surface area contributed by atoms with E-state index in [1.165, 1.54) is 4.88 Å². The van der Waals surface area contributed by atoms with Gasteiger partial charge in [-0.3, -0.25) is 4.79 Å². The highest BCUT2D eigenvalue weighted by molar-refractivity contribution is 7.09. The number of nitrogens with one attached hydrogen (secondary N) is 1. The molecule has 2 atom stereocenters. The molecular formula is C15H18N2OS. The molecule has 0 bridgehead atoms. The SMILES string of the molecule is CC(Cc1cccs1)NC(=O)C(N)c1ccccc1. The monoisotopic (exact) mass is 274 g/mol.